The number of ether oxygens (including phenoxy) is 2. The first kappa shape index (κ1) is 22.1. The maximum atomic E-state index is 13.4. The molecule has 0 aliphatic heterocycles. The number of nitrogens with one attached hydrogen (secondary N) is 1. The summed E-state index contributed by atoms with van der Waals surface area (Å²) in [4.78, 5) is 16.7. The number of nitrogens with zero attached hydrogens (tertiary/aromatic N) is 2. The second-order valence-corrected chi connectivity index (χ2v) is 8.32. The highest BCUT2D eigenvalue weighted by molar-refractivity contribution is 7.92. The molecule has 0 spiro atoms. The molecule has 3 rings (SSSR count). The molecule has 162 valence electrons. The molecule has 1 N–H and O–H groups in total. The van der Waals surface area contributed by atoms with Gasteiger partial charge in [0, 0.05) is 12.3 Å². The lowest BCUT2D eigenvalue weighted by atomic mass is 10.3. The molecule has 1 aromatic heterocycles. The fourth-order valence-electron chi connectivity index (χ4n) is 2.89. The topological polar surface area (TPSA) is 97.8 Å². The molecule has 0 fully saturated rings. The lowest BCUT2D eigenvalue weighted by Gasteiger charge is -2.24. The van der Waals surface area contributed by atoms with Gasteiger partial charge in [-0.15, -0.1) is 0 Å². The molecule has 0 radical (unpaired) electrons. The summed E-state index contributed by atoms with van der Waals surface area (Å²) in [6, 6.07) is 18.1. The molecule has 3 aromatic rings. The number of hydrogen-bond donors (Lipinski definition) is 1. The van der Waals surface area contributed by atoms with E-state index in [-0.39, 0.29) is 17.2 Å². The Bertz CT molecular complexity index is 1120. The van der Waals surface area contributed by atoms with Gasteiger partial charge in [0.1, 0.15) is 6.54 Å². The average molecular weight is 442 g/mol. The van der Waals surface area contributed by atoms with Crippen molar-refractivity contribution in [3.8, 4) is 11.5 Å². The normalized spacial score (nSPS) is 10.9. The predicted octanol–water partition coefficient (Wildman–Crippen LogP) is 2.61. The van der Waals surface area contributed by atoms with Crippen LogP contribution in [-0.2, 0) is 21.4 Å². The molecule has 8 nitrogen and oxygen atoms in total. The molecule has 0 bridgehead atoms. The molecule has 2 aromatic carbocycles. The summed E-state index contributed by atoms with van der Waals surface area (Å²) in [5, 5.41) is 2.71. The number of hydrogen-bond acceptors (Lipinski definition) is 6. The molecule has 0 saturated carbocycles. The van der Waals surface area contributed by atoms with Crippen LogP contribution in [0.4, 0.5) is 5.69 Å². The number of pyridine rings is 1. The Morgan fingerprint density at radius 1 is 0.968 bits per heavy atom. The molecule has 9 heteroatoms. The molecule has 0 unspecified atom stereocenters. The Balaban J connectivity index is 1.89. The van der Waals surface area contributed by atoms with Crippen molar-refractivity contribution < 1.29 is 22.7 Å². The third-order valence-corrected chi connectivity index (χ3v) is 6.24. The van der Waals surface area contributed by atoms with Crippen molar-refractivity contribution in [1.29, 1.82) is 0 Å². The largest absolute Gasteiger partial charge is 0.493 e. The maximum Gasteiger partial charge on any atom is 0.264 e. The van der Waals surface area contributed by atoms with Crippen molar-refractivity contribution in [3.05, 3.63) is 78.6 Å². The minimum Gasteiger partial charge on any atom is -0.493 e. The van der Waals surface area contributed by atoms with Crippen LogP contribution in [0.1, 0.15) is 5.69 Å². The molecule has 0 aliphatic carbocycles. The van der Waals surface area contributed by atoms with Crippen molar-refractivity contribution >= 4 is 21.6 Å². The van der Waals surface area contributed by atoms with Crippen molar-refractivity contribution in [2.75, 3.05) is 25.1 Å². The van der Waals surface area contributed by atoms with E-state index in [4.69, 9.17) is 9.47 Å². The Morgan fingerprint density at radius 2 is 1.68 bits per heavy atom. The average Bonchev–Trinajstić information content (AvgIpc) is 2.81. The highest BCUT2D eigenvalue weighted by atomic mass is 32.2. The van der Waals surface area contributed by atoms with Crippen molar-refractivity contribution in [3.63, 3.8) is 0 Å². The predicted molar refractivity (Wildman–Crippen MR) is 117 cm³/mol. The van der Waals surface area contributed by atoms with Gasteiger partial charge < -0.3 is 14.8 Å². The van der Waals surface area contributed by atoms with Crippen LogP contribution in [0.25, 0.3) is 0 Å². The van der Waals surface area contributed by atoms with E-state index in [9.17, 15) is 13.2 Å². The number of benzene rings is 2. The Morgan fingerprint density at radius 3 is 2.32 bits per heavy atom. The quantitative estimate of drug-likeness (QED) is 0.548. The first-order valence-electron chi connectivity index (χ1n) is 9.42. The number of para-hydroxylation sites is 1. The molecule has 0 atom stereocenters. The standard InChI is InChI=1S/C22H23N3O5S/c1-29-20-12-11-19(14-21(20)30-2)31(27,28)25(18-9-4-3-5-10-18)16-22(26)24-15-17-8-6-7-13-23-17/h3-14H,15-16H2,1-2H3,(H,24,26). The summed E-state index contributed by atoms with van der Waals surface area (Å²) in [6.07, 6.45) is 1.62. The third kappa shape index (κ3) is 5.32. The van der Waals surface area contributed by atoms with E-state index in [0.29, 0.717) is 17.1 Å². The van der Waals surface area contributed by atoms with Crippen molar-refractivity contribution in [2.45, 2.75) is 11.4 Å². The monoisotopic (exact) mass is 441 g/mol. The first-order valence-corrected chi connectivity index (χ1v) is 10.9. The van der Waals surface area contributed by atoms with Gasteiger partial charge in [0.25, 0.3) is 10.0 Å². The summed E-state index contributed by atoms with van der Waals surface area (Å²) >= 11 is 0. The van der Waals surface area contributed by atoms with Crippen LogP contribution in [-0.4, -0.2) is 40.1 Å². The second-order valence-electron chi connectivity index (χ2n) is 6.46. The van der Waals surface area contributed by atoms with Gasteiger partial charge >= 0.3 is 0 Å². The van der Waals surface area contributed by atoms with E-state index >= 15 is 0 Å². The lowest BCUT2D eigenvalue weighted by molar-refractivity contribution is -0.119. The van der Waals surface area contributed by atoms with Crippen molar-refractivity contribution in [1.82, 2.24) is 10.3 Å². The summed E-state index contributed by atoms with van der Waals surface area (Å²) < 4.78 is 38.4. The van der Waals surface area contributed by atoms with E-state index in [2.05, 4.69) is 10.3 Å². The Kier molecular flexibility index (Phi) is 7.09. The molecule has 1 amide bonds. The number of aromatic nitrogens is 1. The van der Waals surface area contributed by atoms with Crippen LogP contribution < -0.4 is 19.1 Å². The summed E-state index contributed by atoms with van der Waals surface area (Å²) in [7, 11) is -1.18. The number of rotatable bonds is 9. The summed E-state index contributed by atoms with van der Waals surface area (Å²) in [5.74, 6) is 0.218. The van der Waals surface area contributed by atoms with Gasteiger partial charge in [-0.2, -0.15) is 0 Å². The molecule has 0 saturated heterocycles. The number of methoxy groups -OCH3 is 2. The van der Waals surface area contributed by atoms with Gasteiger partial charge in [-0.05, 0) is 36.4 Å². The SMILES string of the molecule is COc1ccc(S(=O)(=O)N(CC(=O)NCc2ccccn2)c2ccccc2)cc1OC. The highest BCUT2D eigenvalue weighted by Crippen LogP contribution is 2.32. The number of carbonyl (C=O) groups is 1. The molecule has 31 heavy (non-hydrogen) atoms. The maximum absolute atomic E-state index is 13.4. The van der Waals surface area contributed by atoms with Gasteiger partial charge in [0.05, 0.1) is 37.0 Å². The zero-order valence-corrected chi connectivity index (χ0v) is 18.0. The van der Waals surface area contributed by atoms with Crippen LogP contribution in [0.15, 0.2) is 77.8 Å². The van der Waals surface area contributed by atoms with Gasteiger partial charge in [0.2, 0.25) is 5.91 Å². The van der Waals surface area contributed by atoms with Crippen LogP contribution in [0, 0.1) is 0 Å². The number of sulfonamides is 1. The highest BCUT2D eigenvalue weighted by Gasteiger charge is 2.28. The minimum absolute atomic E-state index is 0.0217. The van der Waals surface area contributed by atoms with E-state index in [1.54, 1.807) is 48.7 Å². The van der Waals surface area contributed by atoms with Crippen LogP contribution in [0.3, 0.4) is 0 Å². The van der Waals surface area contributed by atoms with Gasteiger partial charge in [0.15, 0.2) is 11.5 Å². The van der Waals surface area contributed by atoms with E-state index in [1.165, 1.54) is 32.4 Å². The van der Waals surface area contributed by atoms with Gasteiger partial charge in [-0.1, -0.05) is 24.3 Å². The van der Waals surface area contributed by atoms with Crippen LogP contribution in [0.2, 0.25) is 0 Å². The fraction of sp³-hybridized carbons (Fsp3) is 0.182. The number of amides is 1. The lowest BCUT2D eigenvalue weighted by Crippen LogP contribution is -2.40. The minimum atomic E-state index is -4.07. The van der Waals surface area contributed by atoms with E-state index < -0.39 is 22.5 Å². The number of carbonyl (C=O) groups excluding carboxylic acids is 1. The fourth-order valence-corrected chi connectivity index (χ4v) is 4.33. The van der Waals surface area contributed by atoms with Crippen LogP contribution >= 0.6 is 0 Å². The Hall–Kier alpha value is -3.59. The number of anilines is 1. The van der Waals surface area contributed by atoms with Crippen LogP contribution in [0.5, 0.6) is 11.5 Å². The third-order valence-electron chi connectivity index (χ3n) is 4.47. The van der Waals surface area contributed by atoms with Gasteiger partial charge in [-0.25, -0.2) is 8.42 Å². The van der Waals surface area contributed by atoms with E-state index in [1.807, 2.05) is 6.07 Å². The van der Waals surface area contributed by atoms with E-state index in [0.717, 1.165) is 4.31 Å². The zero-order valence-electron chi connectivity index (χ0n) is 17.2. The van der Waals surface area contributed by atoms with Gasteiger partial charge in [-0.3, -0.25) is 14.1 Å². The Labute approximate surface area is 181 Å². The molecular weight excluding hydrogens is 418 g/mol. The molecule has 1 heterocycles. The zero-order chi connectivity index (χ0) is 22.3. The summed E-state index contributed by atoms with van der Waals surface area (Å²) in [5.41, 5.74) is 1.04. The smallest absolute Gasteiger partial charge is 0.264 e. The van der Waals surface area contributed by atoms with Crippen molar-refractivity contribution in [2.24, 2.45) is 0 Å². The summed E-state index contributed by atoms with van der Waals surface area (Å²) in [6.45, 7) is -0.202. The molecule has 0 aliphatic rings. The first-order chi connectivity index (χ1) is 15.0. The molecular formula is C22H23N3O5S. The second kappa shape index (κ2) is 9.94.